The van der Waals surface area contributed by atoms with Gasteiger partial charge in [-0.3, -0.25) is 9.63 Å². The van der Waals surface area contributed by atoms with Crippen molar-refractivity contribution in [3.63, 3.8) is 0 Å². The molecular formula is C16H25NO3. The molecule has 1 spiro atoms. The first-order chi connectivity index (χ1) is 9.57. The number of ether oxygens (including phenoxy) is 1. The van der Waals surface area contributed by atoms with E-state index in [1.54, 1.807) is 0 Å². The van der Waals surface area contributed by atoms with Gasteiger partial charge >= 0.3 is 5.97 Å². The van der Waals surface area contributed by atoms with Gasteiger partial charge in [-0.05, 0) is 62.7 Å². The van der Waals surface area contributed by atoms with E-state index in [-0.39, 0.29) is 23.5 Å². The molecule has 4 heteroatoms. The minimum atomic E-state index is -0.118. The van der Waals surface area contributed by atoms with Gasteiger partial charge < -0.3 is 4.74 Å². The number of carbonyl (C=O) groups excluding carboxylic acids is 1. The SMILES string of the molecule is COC(=O)C1C(C)ON(C)C12C1CC3CC(C1)CC2C3. The lowest BCUT2D eigenvalue weighted by Crippen LogP contribution is -2.66. The zero-order valence-corrected chi connectivity index (χ0v) is 12.7. The fraction of sp³-hybridized carbons (Fsp3) is 0.938. The van der Waals surface area contributed by atoms with E-state index < -0.39 is 0 Å². The molecule has 4 nitrogen and oxygen atoms in total. The molecule has 20 heavy (non-hydrogen) atoms. The Labute approximate surface area is 120 Å². The van der Waals surface area contributed by atoms with Gasteiger partial charge in [0, 0.05) is 7.05 Å². The third kappa shape index (κ3) is 1.42. The molecule has 0 aromatic rings. The first kappa shape index (κ1) is 13.1. The van der Waals surface area contributed by atoms with Crippen molar-refractivity contribution in [1.29, 1.82) is 0 Å². The monoisotopic (exact) mass is 279 g/mol. The molecule has 0 aromatic heterocycles. The zero-order valence-electron chi connectivity index (χ0n) is 12.7. The largest absolute Gasteiger partial charge is 0.469 e. The molecule has 4 aliphatic carbocycles. The van der Waals surface area contributed by atoms with E-state index in [0.717, 1.165) is 11.8 Å². The summed E-state index contributed by atoms with van der Waals surface area (Å²) < 4.78 is 5.14. The average molecular weight is 279 g/mol. The number of rotatable bonds is 1. The normalized spacial score (nSPS) is 53.8. The summed E-state index contributed by atoms with van der Waals surface area (Å²) >= 11 is 0. The lowest BCUT2D eigenvalue weighted by Gasteiger charge is -2.62. The van der Waals surface area contributed by atoms with E-state index >= 15 is 0 Å². The van der Waals surface area contributed by atoms with Crippen LogP contribution in [-0.4, -0.2) is 36.8 Å². The second kappa shape index (κ2) is 4.20. The van der Waals surface area contributed by atoms with E-state index in [0.29, 0.717) is 11.8 Å². The van der Waals surface area contributed by atoms with Crippen LogP contribution in [0.25, 0.3) is 0 Å². The van der Waals surface area contributed by atoms with Gasteiger partial charge in [-0.2, -0.15) is 5.06 Å². The first-order valence-corrected chi connectivity index (χ1v) is 8.05. The van der Waals surface area contributed by atoms with Crippen LogP contribution in [0.2, 0.25) is 0 Å². The van der Waals surface area contributed by atoms with E-state index in [1.165, 1.54) is 39.2 Å². The molecule has 0 amide bonds. The Hall–Kier alpha value is -0.610. The third-order valence-electron chi connectivity index (χ3n) is 6.74. The van der Waals surface area contributed by atoms with Crippen molar-refractivity contribution in [3.8, 4) is 0 Å². The molecule has 1 aliphatic heterocycles. The van der Waals surface area contributed by atoms with Gasteiger partial charge in [-0.15, -0.1) is 0 Å². The van der Waals surface area contributed by atoms with Crippen molar-refractivity contribution >= 4 is 5.97 Å². The minimum absolute atomic E-state index is 0.0648. The maximum atomic E-state index is 12.4. The summed E-state index contributed by atoms with van der Waals surface area (Å²) in [6.45, 7) is 2.03. The topological polar surface area (TPSA) is 38.8 Å². The molecule has 1 saturated heterocycles. The molecule has 5 aliphatic rings. The van der Waals surface area contributed by atoms with Crippen LogP contribution in [0.1, 0.15) is 39.0 Å². The number of hydroxylamine groups is 2. The number of nitrogens with zero attached hydrogens (tertiary/aromatic N) is 1. The number of methoxy groups -OCH3 is 1. The standard InChI is InChI=1S/C16H25NO3/c1-9-14(15(18)19-3)16(17(2)20-9)12-5-10-4-11(7-12)8-13(16)6-10/h9-14H,4-8H2,1-3H3. The minimum Gasteiger partial charge on any atom is -0.469 e. The van der Waals surface area contributed by atoms with Gasteiger partial charge in [-0.25, -0.2) is 0 Å². The third-order valence-corrected chi connectivity index (χ3v) is 6.74. The molecule has 4 saturated carbocycles. The highest BCUT2D eigenvalue weighted by Gasteiger charge is 2.68. The molecule has 0 N–H and O–H groups in total. The number of carbonyl (C=O) groups is 1. The lowest BCUT2D eigenvalue weighted by atomic mass is 9.45. The summed E-state index contributed by atoms with van der Waals surface area (Å²) in [5, 5.41) is 2.06. The maximum absolute atomic E-state index is 12.4. The molecule has 0 radical (unpaired) electrons. The molecule has 112 valence electrons. The molecule has 0 aromatic carbocycles. The van der Waals surface area contributed by atoms with Crippen molar-refractivity contribution in [2.45, 2.75) is 50.7 Å². The predicted octanol–water partition coefficient (Wildman–Crippen LogP) is 2.24. The number of esters is 1. The molecule has 2 unspecified atom stereocenters. The first-order valence-electron chi connectivity index (χ1n) is 8.05. The summed E-state index contributed by atoms with van der Waals surface area (Å²) in [5.74, 6) is 2.81. The molecule has 1 heterocycles. The number of hydrogen-bond acceptors (Lipinski definition) is 4. The van der Waals surface area contributed by atoms with Crippen LogP contribution >= 0.6 is 0 Å². The van der Waals surface area contributed by atoms with E-state index in [4.69, 9.17) is 9.57 Å². The van der Waals surface area contributed by atoms with E-state index in [9.17, 15) is 4.79 Å². The summed E-state index contributed by atoms with van der Waals surface area (Å²) in [5.41, 5.74) is -0.0973. The van der Waals surface area contributed by atoms with Crippen LogP contribution in [0.3, 0.4) is 0 Å². The highest BCUT2D eigenvalue weighted by atomic mass is 16.7. The highest BCUT2D eigenvalue weighted by Crippen LogP contribution is 2.64. The fourth-order valence-corrected chi connectivity index (χ4v) is 6.44. The van der Waals surface area contributed by atoms with Gasteiger partial charge in [0.25, 0.3) is 0 Å². The van der Waals surface area contributed by atoms with Crippen molar-refractivity contribution in [1.82, 2.24) is 5.06 Å². The molecule has 4 bridgehead atoms. The van der Waals surface area contributed by atoms with E-state index in [1.807, 2.05) is 14.0 Å². The molecular weight excluding hydrogens is 254 g/mol. The van der Waals surface area contributed by atoms with Crippen molar-refractivity contribution in [2.75, 3.05) is 14.2 Å². The second-order valence-electron chi connectivity index (χ2n) is 7.50. The van der Waals surface area contributed by atoms with Crippen molar-refractivity contribution in [2.24, 2.45) is 29.6 Å². The lowest BCUT2D eigenvalue weighted by molar-refractivity contribution is -0.230. The van der Waals surface area contributed by atoms with Crippen LogP contribution in [0, 0.1) is 29.6 Å². The van der Waals surface area contributed by atoms with Gasteiger partial charge in [0.05, 0.1) is 18.8 Å². The average Bonchev–Trinajstić information content (AvgIpc) is 2.66. The Morgan fingerprint density at radius 1 is 1.15 bits per heavy atom. The van der Waals surface area contributed by atoms with Crippen LogP contribution < -0.4 is 0 Å². The van der Waals surface area contributed by atoms with Crippen LogP contribution in [0.15, 0.2) is 0 Å². The predicted molar refractivity (Wildman–Crippen MR) is 73.6 cm³/mol. The van der Waals surface area contributed by atoms with Gasteiger partial charge in [0.2, 0.25) is 0 Å². The highest BCUT2D eigenvalue weighted by molar-refractivity contribution is 5.75. The van der Waals surface area contributed by atoms with Crippen LogP contribution in [-0.2, 0) is 14.4 Å². The van der Waals surface area contributed by atoms with Gasteiger partial charge in [-0.1, -0.05) is 0 Å². The van der Waals surface area contributed by atoms with Gasteiger partial charge in [0.15, 0.2) is 0 Å². The smallest absolute Gasteiger partial charge is 0.313 e. The number of hydrogen-bond donors (Lipinski definition) is 0. The van der Waals surface area contributed by atoms with Crippen molar-refractivity contribution < 1.29 is 14.4 Å². The summed E-state index contributed by atoms with van der Waals surface area (Å²) in [6.07, 6.45) is 6.47. The molecule has 5 rings (SSSR count). The molecule has 2 atom stereocenters. The Balaban J connectivity index is 1.78. The van der Waals surface area contributed by atoms with Crippen molar-refractivity contribution in [3.05, 3.63) is 0 Å². The Kier molecular flexibility index (Phi) is 2.75. The van der Waals surface area contributed by atoms with Gasteiger partial charge in [0.1, 0.15) is 5.92 Å². The van der Waals surface area contributed by atoms with Crippen LogP contribution in [0.5, 0.6) is 0 Å². The summed E-state index contributed by atoms with van der Waals surface area (Å²) in [4.78, 5) is 18.4. The summed E-state index contributed by atoms with van der Waals surface area (Å²) in [7, 11) is 3.55. The Morgan fingerprint density at radius 3 is 2.20 bits per heavy atom. The maximum Gasteiger partial charge on any atom is 0.313 e. The van der Waals surface area contributed by atoms with Crippen LogP contribution in [0.4, 0.5) is 0 Å². The quantitative estimate of drug-likeness (QED) is 0.690. The van der Waals surface area contributed by atoms with E-state index in [2.05, 4.69) is 5.06 Å². The fourth-order valence-electron chi connectivity index (χ4n) is 6.44. The Morgan fingerprint density at radius 2 is 1.70 bits per heavy atom. The second-order valence-corrected chi connectivity index (χ2v) is 7.50. The molecule has 5 fully saturated rings. The Bertz CT molecular complexity index is 407. The summed E-state index contributed by atoms with van der Waals surface area (Å²) in [6, 6.07) is 0. The zero-order chi connectivity index (χ0) is 14.1.